The Kier molecular flexibility index (Phi) is 5.30. The molecule has 2 aliphatic heterocycles. The van der Waals surface area contributed by atoms with E-state index in [0.717, 1.165) is 0 Å². The Labute approximate surface area is 156 Å². The van der Waals surface area contributed by atoms with Gasteiger partial charge in [0.2, 0.25) is 5.91 Å². The number of amides is 1. The van der Waals surface area contributed by atoms with Crippen LogP contribution in [0.1, 0.15) is 38.3 Å². The van der Waals surface area contributed by atoms with Crippen LogP contribution in [0.2, 0.25) is 0 Å². The molecule has 0 spiro atoms. The van der Waals surface area contributed by atoms with Gasteiger partial charge >= 0.3 is 0 Å². The Balaban J connectivity index is 2.01. The molecule has 0 N–H and O–H groups in total. The molecule has 27 heavy (non-hydrogen) atoms. The normalized spacial score (nSPS) is 24.3. The summed E-state index contributed by atoms with van der Waals surface area (Å²) in [7, 11) is -5.20. The lowest BCUT2D eigenvalue weighted by Gasteiger charge is -2.47. The highest BCUT2D eigenvalue weighted by molar-refractivity contribution is 7.43. The number of likely N-dealkylation sites (tertiary alicyclic amines) is 1. The molecule has 2 atom stereocenters. The fraction of sp³-hybridized carbons (Fsp3) is 0.529. The van der Waals surface area contributed by atoms with Gasteiger partial charge in [-0.1, -0.05) is 6.07 Å². The summed E-state index contributed by atoms with van der Waals surface area (Å²) >= 11 is 0. The number of phosphoric acid groups is 1. The van der Waals surface area contributed by atoms with E-state index in [1.807, 2.05) is 0 Å². The fourth-order valence-electron chi connectivity index (χ4n) is 3.57. The summed E-state index contributed by atoms with van der Waals surface area (Å²) in [5.74, 6) is 0.459. The molecule has 0 aromatic heterocycles. The highest BCUT2D eigenvalue weighted by atomic mass is 31.2. The Bertz CT molecular complexity index is 829. The van der Waals surface area contributed by atoms with Crippen LogP contribution in [-0.4, -0.2) is 35.8 Å². The zero-order valence-electron chi connectivity index (χ0n) is 14.9. The Morgan fingerprint density at radius 1 is 1.44 bits per heavy atom. The minimum atomic E-state index is -5.20. The summed E-state index contributed by atoms with van der Waals surface area (Å²) in [4.78, 5) is 39.0. The lowest BCUT2D eigenvalue weighted by Crippen LogP contribution is -2.55. The first-order valence-corrected chi connectivity index (χ1v) is 9.86. The first-order valence-electron chi connectivity index (χ1n) is 8.40. The van der Waals surface area contributed by atoms with Gasteiger partial charge in [-0.05, 0) is 32.4 Å². The standard InChI is InChI=1S/C17H21N2O7P/c1-17(2)16(24-10-25-27(21,22)23)15(19-8-4-5-14(19)20)12-9-11(18-3)6-7-13(12)26-17/h6-7,9,15-16H,4-5,8,10H2,1-2H3,(H2,21,22,23)/p-2/t15-,16+/m1/s1. The first-order chi connectivity index (χ1) is 12.6. The van der Waals surface area contributed by atoms with Crippen LogP contribution in [0.4, 0.5) is 5.69 Å². The van der Waals surface area contributed by atoms with E-state index < -0.39 is 32.4 Å². The van der Waals surface area contributed by atoms with E-state index in [0.29, 0.717) is 36.4 Å². The van der Waals surface area contributed by atoms with E-state index >= 15 is 0 Å². The van der Waals surface area contributed by atoms with Crippen molar-refractivity contribution in [2.24, 2.45) is 0 Å². The number of ether oxygens (including phenoxy) is 2. The smallest absolute Gasteiger partial charge is 0.223 e. The van der Waals surface area contributed by atoms with Crippen LogP contribution in [-0.2, 0) is 18.6 Å². The maximum Gasteiger partial charge on any atom is 0.223 e. The number of benzene rings is 1. The number of fused-ring (bicyclic) bond motifs is 1. The van der Waals surface area contributed by atoms with Crippen LogP contribution in [0, 0.1) is 6.57 Å². The number of hydrogen-bond acceptors (Lipinski definition) is 7. The molecule has 9 nitrogen and oxygen atoms in total. The van der Waals surface area contributed by atoms with Crippen molar-refractivity contribution in [3.8, 4) is 5.75 Å². The maximum atomic E-state index is 12.4. The van der Waals surface area contributed by atoms with E-state index in [2.05, 4.69) is 9.37 Å². The zero-order valence-corrected chi connectivity index (χ0v) is 15.8. The predicted octanol–water partition coefficient (Wildman–Crippen LogP) is 1.26. The summed E-state index contributed by atoms with van der Waals surface area (Å²) in [5, 5.41) is 0. The van der Waals surface area contributed by atoms with Crippen molar-refractivity contribution < 1.29 is 33.1 Å². The van der Waals surface area contributed by atoms with E-state index in [-0.39, 0.29) is 5.91 Å². The molecule has 3 rings (SSSR count). The van der Waals surface area contributed by atoms with Gasteiger partial charge in [-0.3, -0.25) is 4.79 Å². The fourth-order valence-corrected chi connectivity index (χ4v) is 3.76. The van der Waals surface area contributed by atoms with Crippen molar-refractivity contribution in [3.63, 3.8) is 0 Å². The number of carbonyl (C=O) groups is 1. The second-order valence-corrected chi connectivity index (χ2v) is 8.11. The summed E-state index contributed by atoms with van der Waals surface area (Å²) in [5.41, 5.74) is 0.0436. The van der Waals surface area contributed by atoms with Gasteiger partial charge in [0, 0.05) is 18.5 Å². The Hall–Kier alpha value is -1.95. The number of rotatable bonds is 5. The Morgan fingerprint density at radius 3 is 2.78 bits per heavy atom. The summed E-state index contributed by atoms with van der Waals surface area (Å²) in [6.45, 7) is 10.4. The van der Waals surface area contributed by atoms with E-state index in [1.54, 1.807) is 36.9 Å². The first kappa shape index (κ1) is 19.8. The van der Waals surface area contributed by atoms with Crippen molar-refractivity contribution in [1.82, 2.24) is 4.90 Å². The van der Waals surface area contributed by atoms with Crippen LogP contribution in [0.3, 0.4) is 0 Å². The van der Waals surface area contributed by atoms with E-state index in [1.165, 1.54) is 0 Å². The lowest BCUT2D eigenvalue weighted by atomic mass is 9.85. The highest BCUT2D eigenvalue weighted by Gasteiger charge is 2.49. The second-order valence-electron chi connectivity index (χ2n) is 6.96. The van der Waals surface area contributed by atoms with E-state index in [4.69, 9.17) is 16.0 Å². The number of phosphoric ester groups is 1. The van der Waals surface area contributed by atoms with Crippen molar-refractivity contribution in [3.05, 3.63) is 35.2 Å². The van der Waals surface area contributed by atoms with Gasteiger partial charge in [-0.25, -0.2) is 4.85 Å². The van der Waals surface area contributed by atoms with Crippen LogP contribution in [0.15, 0.2) is 18.2 Å². The van der Waals surface area contributed by atoms with Gasteiger partial charge in [0.05, 0.1) is 20.4 Å². The van der Waals surface area contributed by atoms with Gasteiger partial charge < -0.3 is 33.2 Å². The second kappa shape index (κ2) is 7.23. The molecule has 0 bridgehead atoms. The van der Waals surface area contributed by atoms with Crippen molar-refractivity contribution in [1.29, 1.82) is 0 Å². The predicted molar refractivity (Wildman–Crippen MR) is 89.5 cm³/mol. The van der Waals surface area contributed by atoms with Crippen molar-refractivity contribution in [2.75, 3.05) is 13.3 Å². The number of carbonyl (C=O) groups excluding carboxylic acids is 1. The molecule has 146 valence electrons. The lowest BCUT2D eigenvalue weighted by molar-refractivity contribution is -0.348. The molecule has 1 fully saturated rings. The third kappa shape index (κ3) is 4.15. The van der Waals surface area contributed by atoms with Gasteiger partial charge in [0.25, 0.3) is 0 Å². The molecule has 1 aromatic rings. The van der Waals surface area contributed by atoms with Crippen molar-refractivity contribution >= 4 is 19.4 Å². The van der Waals surface area contributed by atoms with Gasteiger partial charge in [-0.15, -0.1) is 0 Å². The molecule has 0 saturated carbocycles. The molecule has 0 radical (unpaired) electrons. The highest BCUT2D eigenvalue weighted by Crippen LogP contribution is 2.46. The van der Waals surface area contributed by atoms with E-state index in [9.17, 15) is 19.1 Å². The van der Waals surface area contributed by atoms with Crippen LogP contribution in [0.5, 0.6) is 5.75 Å². The number of hydrogen-bond donors (Lipinski definition) is 0. The van der Waals surface area contributed by atoms with Gasteiger partial charge in [0.15, 0.2) is 12.5 Å². The number of nitrogens with zero attached hydrogens (tertiary/aromatic N) is 2. The third-order valence-corrected chi connectivity index (χ3v) is 5.11. The third-order valence-electron chi connectivity index (χ3n) is 4.69. The molecule has 0 aliphatic carbocycles. The van der Waals surface area contributed by atoms with Crippen molar-refractivity contribution in [2.45, 2.75) is 44.4 Å². The molecule has 1 amide bonds. The maximum absolute atomic E-state index is 12.4. The molecule has 0 unspecified atom stereocenters. The van der Waals surface area contributed by atoms with Crippen LogP contribution in [0.25, 0.3) is 4.85 Å². The summed E-state index contributed by atoms with van der Waals surface area (Å²) < 4.78 is 26.5. The average Bonchev–Trinajstić information content (AvgIpc) is 2.99. The molecule has 10 heteroatoms. The van der Waals surface area contributed by atoms with Crippen LogP contribution < -0.4 is 14.5 Å². The Morgan fingerprint density at radius 2 is 2.19 bits per heavy atom. The molecular formula is C17H19N2O7P-2. The van der Waals surface area contributed by atoms with Gasteiger partial charge in [-0.2, -0.15) is 0 Å². The minimum Gasteiger partial charge on any atom is -0.790 e. The summed E-state index contributed by atoms with van der Waals surface area (Å²) in [6, 6.07) is 4.34. The molecular weight excluding hydrogens is 375 g/mol. The van der Waals surface area contributed by atoms with Gasteiger partial charge in [0.1, 0.15) is 17.5 Å². The SMILES string of the molecule is [C-]#[N+]c1ccc2c(c1)[C@@H](N1CCCC1=O)[C@H](OCOP(=O)([O-])[O-])C(C)(C)O2. The molecule has 1 aromatic carbocycles. The van der Waals surface area contributed by atoms with Crippen LogP contribution >= 0.6 is 7.82 Å². The summed E-state index contributed by atoms with van der Waals surface area (Å²) in [6.07, 6.45) is 0.281. The molecule has 2 aliphatic rings. The quantitative estimate of drug-likeness (QED) is 0.419. The topological polar surface area (TPSA) is 116 Å². The zero-order chi connectivity index (χ0) is 19.8. The molecule has 1 saturated heterocycles. The average molecular weight is 394 g/mol. The monoisotopic (exact) mass is 394 g/mol. The minimum absolute atomic E-state index is 0.0651. The largest absolute Gasteiger partial charge is 0.790 e. The molecule has 2 heterocycles.